The molecule has 1 unspecified atom stereocenters. The number of furan rings is 1. The largest absolute Gasteiger partial charge is 0.464 e. The highest BCUT2D eigenvalue weighted by Gasteiger charge is 2.55. The first-order valence-corrected chi connectivity index (χ1v) is 7.43. The zero-order valence-corrected chi connectivity index (χ0v) is 13.1. The minimum Gasteiger partial charge on any atom is -0.464 e. The van der Waals surface area contributed by atoms with Crippen molar-refractivity contribution in [2.24, 2.45) is 0 Å². The molecule has 1 aliphatic rings. The third-order valence-electron chi connectivity index (χ3n) is 3.85. The number of para-hydroxylation sites is 1. The Balaban J connectivity index is 1.76. The first kappa shape index (κ1) is 14.9. The van der Waals surface area contributed by atoms with Gasteiger partial charge in [-0.25, -0.2) is 4.79 Å². The van der Waals surface area contributed by atoms with Crippen molar-refractivity contribution in [3.8, 4) is 0 Å². The van der Waals surface area contributed by atoms with Crippen LogP contribution in [-0.4, -0.2) is 28.4 Å². The number of fused-ring (bicyclic) bond motifs is 1. The molecule has 0 spiro atoms. The van der Waals surface area contributed by atoms with Crippen LogP contribution in [0.4, 0.5) is 4.79 Å². The van der Waals surface area contributed by atoms with E-state index < -0.39 is 23.3 Å². The molecule has 1 aromatic carbocycles. The van der Waals surface area contributed by atoms with E-state index in [-0.39, 0.29) is 0 Å². The van der Waals surface area contributed by atoms with E-state index in [4.69, 9.17) is 9.15 Å². The van der Waals surface area contributed by atoms with Crippen molar-refractivity contribution in [2.45, 2.75) is 50.9 Å². The van der Waals surface area contributed by atoms with Crippen LogP contribution in [0.15, 0.2) is 34.9 Å². The monoisotopic (exact) mass is 303 g/mol. The highest BCUT2D eigenvalue weighted by Crippen LogP contribution is 2.41. The maximum atomic E-state index is 12.0. The SMILES string of the molecule is CC(C)(C)OC(=O)NC1(Cc2coc3ccccc23)C[C@H]1O. The van der Waals surface area contributed by atoms with Crippen molar-refractivity contribution >= 4 is 17.1 Å². The maximum absolute atomic E-state index is 12.0. The lowest BCUT2D eigenvalue weighted by molar-refractivity contribution is 0.0477. The lowest BCUT2D eigenvalue weighted by atomic mass is 10.0. The van der Waals surface area contributed by atoms with Crippen molar-refractivity contribution in [3.05, 3.63) is 36.1 Å². The van der Waals surface area contributed by atoms with Gasteiger partial charge < -0.3 is 19.6 Å². The molecule has 0 saturated heterocycles. The zero-order valence-electron chi connectivity index (χ0n) is 13.1. The Kier molecular flexibility index (Phi) is 3.40. The Hall–Kier alpha value is -2.01. The Labute approximate surface area is 129 Å². The van der Waals surface area contributed by atoms with Crippen molar-refractivity contribution < 1.29 is 19.1 Å². The first-order chi connectivity index (χ1) is 10.3. The molecule has 0 bridgehead atoms. The zero-order chi connectivity index (χ0) is 16.0. The lowest BCUT2D eigenvalue weighted by Gasteiger charge is -2.23. The number of aliphatic hydroxyl groups is 1. The van der Waals surface area contributed by atoms with Gasteiger partial charge in [-0.15, -0.1) is 0 Å². The summed E-state index contributed by atoms with van der Waals surface area (Å²) in [5, 5.41) is 13.8. The average Bonchev–Trinajstić information content (AvgIpc) is 2.84. The highest BCUT2D eigenvalue weighted by atomic mass is 16.6. The fraction of sp³-hybridized carbons (Fsp3) is 0.471. The molecule has 118 valence electrons. The number of ether oxygens (including phenoxy) is 1. The molecule has 1 aliphatic carbocycles. The number of hydrogen-bond donors (Lipinski definition) is 2. The summed E-state index contributed by atoms with van der Waals surface area (Å²) in [6.07, 6.45) is 1.66. The number of alkyl carbamates (subject to hydrolysis) is 1. The van der Waals surface area contributed by atoms with Gasteiger partial charge in [-0.1, -0.05) is 18.2 Å². The Morgan fingerprint density at radius 1 is 1.45 bits per heavy atom. The minimum absolute atomic E-state index is 0.503. The van der Waals surface area contributed by atoms with Gasteiger partial charge in [0, 0.05) is 23.8 Å². The van der Waals surface area contributed by atoms with Gasteiger partial charge in [0.2, 0.25) is 0 Å². The predicted octanol–water partition coefficient (Wildman–Crippen LogP) is 3.00. The van der Waals surface area contributed by atoms with Crippen LogP contribution in [0.5, 0.6) is 0 Å². The quantitative estimate of drug-likeness (QED) is 0.914. The summed E-state index contributed by atoms with van der Waals surface area (Å²) in [5.41, 5.74) is 0.561. The average molecular weight is 303 g/mol. The minimum atomic E-state index is -0.658. The first-order valence-electron chi connectivity index (χ1n) is 7.43. The van der Waals surface area contributed by atoms with E-state index in [2.05, 4.69) is 5.32 Å². The second-order valence-corrected chi connectivity index (χ2v) is 6.94. The Bertz CT molecular complexity index is 700. The summed E-state index contributed by atoms with van der Waals surface area (Å²) >= 11 is 0. The van der Waals surface area contributed by atoms with Gasteiger partial charge in [0.15, 0.2) is 0 Å². The van der Waals surface area contributed by atoms with Gasteiger partial charge in [0.05, 0.1) is 17.9 Å². The molecule has 0 radical (unpaired) electrons. The Morgan fingerprint density at radius 3 is 2.77 bits per heavy atom. The summed E-state index contributed by atoms with van der Waals surface area (Å²) in [6.45, 7) is 5.44. The van der Waals surface area contributed by atoms with Crippen LogP contribution in [0, 0.1) is 0 Å². The maximum Gasteiger partial charge on any atom is 0.408 e. The molecule has 1 amide bonds. The van der Waals surface area contributed by atoms with Crippen molar-refractivity contribution in [3.63, 3.8) is 0 Å². The number of nitrogens with one attached hydrogen (secondary N) is 1. The molecule has 1 saturated carbocycles. The standard InChI is InChI=1S/C17H21NO4/c1-16(2,3)22-15(20)18-17(9-14(17)19)8-11-10-21-13-7-5-4-6-12(11)13/h4-7,10,14,19H,8-9H2,1-3H3,(H,18,20)/t14-,17?/m1/s1. The van der Waals surface area contributed by atoms with Crippen LogP contribution in [-0.2, 0) is 11.2 Å². The van der Waals surface area contributed by atoms with Crippen LogP contribution in [0.2, 0.25) is 0 Å². The summed E-state index contributed by atoms with van der Waals surface area (Å²) in [7, 11) is 0. The molecule has 3 rings (SSSR count). The van der Waals surface area contributed by atoms with Gasteiger partial charge in [0.25, 0.3) is 0 Å². The van der Waals surface area contributed by atoms with Gasteiger partial charge >= 0.3 is 6.09 Å². The van der Waals surface area contributed by atoms with Gasteiger partial charge in [0.1, 0.15) is 11.2 Å². The van der Waals surface area contributed by atoms with E-state index in [0.717, 1.165) is 16.5 Å². The smallest absolute Gasteiger partial charge is 0.408 e. The number of hydrogen-bond acceptors (Lipinski definition) is 4. The van der Waals surface area contributed by atoms with Crippen LogP contribution in [0.3, 0.4) is 0 Å². The third-order valence-corrected chi connectivity index (χ3v) is 3.85. The summed E-state index contributed by atoms with van der Waals surface area (Å²) in [4.78, 5) is 12.0. The predicted molar refractivity (Wildman–Crippen MR) is 82.6 cm³/mol. The molecule has 22 heavy (non-hydrogen) atoms. The molecule has 2 N–H and O–H groups in total. The normalized spacial score (nSPS) is 24.3. The number of rotatable bonds is 3. The molecule has 1 heterocycles. The van der Waals surface area contributed by atoms with Crippen LogP contribution in [0.1, 0.15) is 32.8 Å². The topological polar surface area (TPSA) is 71.7 Å². The second kappa shape index (κ2) is 5.02. The van der Waals surface area contributed by atoms with Crippen molar-refractivity contribution in [1.29, 1.82) is 0 Å². The van der Waals surface area contributed by atoms with E-state index in [1.807, 2.05) is 45.0 Å². The molecule has 1 aromatic heterocycles. The third kappa shape index (κ3) is 2.95. The van der Waals surface area contributed by atoms with E-state index >= 15 is 0 Å². The van der Waals surface area contributed by atoms with E-state index in [1.54, 1.807) is 6.26 Å². The van der Waals surface area contributed by atoms with Crippen molar-refractivity contribution in [1.82, 2.24) is 5.32 Å². The number of carbonyl (C=O) groups excluding carboxylic acids is 1. The van der Waals surface area contributed by atoms with Crippen LogP contribution < -0.4 is 5.32 Å². The molecule has 5 nitrogen and oxygen atoms in total. The second-order valence-electron chi connectivity index (χ2n) is 6.94. The lowest BCUT2D eigenvalue weighted by Crippen LogP contribution is -2.44. The number of aliphatic hydroxyl groups excluding tert-OH is 1. The Morgan fingerprint density at radius 2 is 2.14 bits per heavy atom. The van der Waals surface area contributed by atoms with Crippen LogP contribution >= 0.6 is 0 Å². The molecular formula is C17H21NO4. The fourth-order valence-electron chi connectivity index (χ4n) is 2.67. The molecule has 2 atom stereocenters. The van der Waals surface area contributed by atoms with Gasteiger partial charge in [-0.3, -0.25) is 0 Å². The molecule has 0 aliphatic heterocycles. The van der Waals surface area contributed by atoms with Gasteiger partial charge in [-0.05, 0) is 26.8 Å². The summed E-state index contributed by atoms with van der Waals surface area (Å²) in [5.74, 6) is 0. The molecular weight excluding hydrogens is 282 g/mol. The number of carbonyl (C=O) groups is 1. The van der Waals surface area contributed by atoms with E-state index in [9.17, 15) is 9.90 Å². The molecule has 5 heteroatoms. The number of amides is 1. The highest BCUT2D eigenvalue weighted by molar-refractivity contribution is 5.81. The fourth-order valence-corrected chi connectivity index (χ4v) is 2.67. The van der Waals surface area contributed by atoms with Crippen LogP contribution in [0.25, 0.3) is 11.0 Å². The summed E-state index contributed by atoms with van der Waals surface area (Å²) in [6, 6.07) is 7.73. The molecule has 1 fully saturated rings. The molecule has 2 aromatic rings. The van der Waals surface area contributed by atoms with Gasteiger partial charge in [-0.2, -0.15) is 0 Å². The van der Waals surface area contributed by atoms with Crippen molar-refractivity contribution in [2.75, 3.05) is 0 Å². The van der Waals surface area contributed by atoms with E-state index in [0.29, 0.717) is 12.8 Å². The number of benzene rings is 1. The van der Waals surface area contributed by atoms with E-state index in [1.165, 1.54) is 0 Å². The summed E-state index contributed by atoms with van der Waals surface area (Å²) < 4.78 is 10.8.